The molecule has 1 fully saturated rings. The molecule has 0 radical (unpaired) electrons. The van der Waals surface area contributed by atoms with Gasteiger partial charge in [-0.1, -0.05) is 25.0 Å². The molecular weight excluding hydrogens is 326 g/mol. The predicted octanol–water partition coefficient (Wildman–Crippen LogP) is 3.13. The molecule has 1 aromatic heterocycles. The van der Waals surface area contributed by atoms with Crippen molar-refractivity contribution in [3.05, 3.63) is 30.1 Å². The summed E-state index contributed by atoms with van der Waals surface area (Å²) < 4.78 is 2.23. The Morgan fingerprint density at radius 3 is 2.96 bits per heavy atom. The third-order valence-corrected chi connectivity index (χ3v) is 5.68. The maximum absolute atomic E-state index is 12.4. The summed E-state index contributed by atoms with van der Waals surface area (Å²) in [6.07, 6.45) is 8.30. The number of nitrogens with zero attached hydrogens (tertiary/aromatic N) is 3. The second kappa shape index (κ2) is 7.58. The monoisotopic (exact) mass is 353 g/mol. The third-order valence-electron chi connectivity index (χ3n) is 5.68. The van der Waals surface area contributed by atoms with Crippen molar-refractivity contribution in [3.63, 3.8) is 0 Å². The summed E-state index contributed by atoms with van der Waals surface area (Å²) >= 11 is 0. The number of fused-ring (bicyclic) bond motifs is 1. The largest absolute Gasteiger partial charge is 0.327 e. The van der Waals surface area contributed by atoms with Crippen LogP contribution in [0.15, 0.2) is 24.3 Å². The van der Waals surface area contributed by atoms with E-state index in [4.69, 9.17) is 5.73 Å². The van der Waals surface area contributed by atoms with Crippen molar-refractivity contribution in [2.24, 2.45) is 11.7 Å². The van der Waals surface area contributed by atoms with Crippen LogP contribution < -0.4 is 11.1 Å². The van der Waals surface area contributed by atoms with E-state index in [1.807, 2.05) is 24.3 Å². The molecule has 0 bridgehead atoms. The molecule has 26 heavy (non-hydrogen) atoms. The van der Waals surface area contributed by atoms with Gasteiger partial charge in [0.25, 0.3) is 0 Å². The highest BCUT2D eigenvalue weighted by molar-refractivity contribution is 5.91. The molecule has 138 valence electrons. The number of amides is 1. The van der Waals surface area contributed by atoms with Crippen LogP contribution in [0.5, 0.6) is 0 Å². The van der Waals surface area contributed by atoms with E-state index in [0.717, 1.165) is 61.5 Å². The Balaban J connectivity index is 1.48. The van der Waals surface area contributed by atoms with Gasteiger partial charge in [-0.05, 0) is 43.7 Å². The molecule has 1 saturated carbocycles. The van der Waals surface area contributed by atoms with E-state index in [1.54, 1.807) is 0 Å². The number of carbonyl (C=O) groups is 1. The molecule has 6 nitrogen and oxygen atoms in total. The quantitative estimate of drug-likeness (QED) is 0.884. The SMILES string of the molecule is N[C@@H]1CCC[C@H]1CC(=O)Nc1cccc(-c2nnc3n2CCCCC3)c1. The van der Waals surface area contributed by atoms with Gasteiger partial charge in [-0.3, -0.25) is 4.79 Å². The third kappa shape index (κ3) is 3.65. The Kier molecular flexibility index (Phi) is 5.02. The number of aromatic nitrogens is 3. The lowest BCUT2D eigenvalue weighted by Crippen LogP contribution is -2.28. The summed E-state index contributed by atoms with van der Waals surface area (Å²) in [6, 6.07) is 8.08. The minimum atomic E-state index is 0.0459. The lowest BCUT2D eigenvalue weighted by molar-refractivity contribution is -0.117. The molecule has 1 aliphatic carbocycles. The highest BCUT2D eigenvalue weighted by atomic mass is 16.1. The number of aryl methyl sites for hydroxylation is 1. The minimum absolute atomic E-state index is 0.0459. The highest BCUT2D eigenvalue weighted by Gasteiger charge is 2.26. The second-order valence-electron chi connectivity index (χ2n) is 7.59. The Bertz CT molecular complexity index is 784. The molecule has 2 atom stereocenters. The molecule has 3 N–H and O–H groups in total. The summed E-state index contributed by atoms with van der Waals surface area (Å²) in [7, 11) is 0. The summed E-state index contributed by atoms with van der Waals surface area (Å²) in [6.45, 7) is 0.966. The van der Waals surface area contributed by atoms with E-state index < -0.39 is 0 Å². The minimum Gasteiger partial charge on any atom is -0.327 e. The number of rotatable bonds is 4. The van der Waals surface area contributed by atoms with Gasteiger partial charge < -0.3 is 15.6 Å². The molecular formula is C20H27N5O. The Hall–Kier alpha value is -2.21. The number of hydrogen-bond donors (Lipinski definition) is 2. The summed E-state index contributed by atoms with van der Waals surface area (Å²) in [5, 5.41) is 11.8. The first-order valence-electron chi connectivity index (χ1n) is 9.78. The Morgan fingerprint density at radius 2 is 2.12 bits per heavy atom. The fourth-order valence-electron chi connectivity index (χ4n) is 4.20. The van der Waals surface area contributed by atoms with Crippen molar-refractivity contribution in [1.29, 1.82) is 0 Å². The van der Waals surface area contributed by atoms with Crippen LogP contribution in [0.4, 0.5) is 5.69 Å². The van der Waals surface area contributed by atoms with E-state index in [-0.39, 0.29) is 11.9 Å². The van der Waals surface area contributed by atoms with Crippen molar-refractivity contribution in [2.75, 3.05) is 5.32 Å². The topological polar surface area (TPSA) is 85.8 Å². The molecule has 2 aromatic rings. The van der Waals surface area contributed by atoms with Crippen LogP contribution in [-0.2, 0) is 17.8 Å². The van der Waals surface area contributed by atoms with Gasteiger partial charge in [0.1, 0.15) is 5.82 Å². The van der Waals surface area contributed by atoms with Gasteiger partial charge in [0, 0.05) is 36.7 Å². The number of nitrogens with two attached hydrogens (primary N) is 1. The van der Waals surface area contributed by atoms with Gasteiger partial charge in [0.2, 0.25) is 5.91 Å². The van der Waals surface area contributed by atoms with Crippen molar-refractivity contribution in [2.45, 2.75) is 64.0 Å². The molecule has 6 heteroatoms. The van der Waals surface area contributed by atoms with Crippen LogP contribution in [0.3, 0.4) is 0 Å². The van der Waals surface area contributed by atoms with E-state index in [2.05, 4.69) is 20.1 Å². The molecule has 4 rings (SSSR count). The number of anilines is 1. The normalized spacial score (nSPS) is 22.7. The van der Waals surface area contributed by atoms with Crippen molar-refractivity contribution in [1.82, 2.24) is 14.8 Å². The molecule has 0 unspecified atom stereocenters. The van der Waals surface area contributed by atoms with E-state index >= 15 is 0 Å². The number of hydrogen-bond acceptors (Lipinski definition) is 4. The van der Waals surface area contributed by atoms with Gasteiger partial charge in [-0.2, -0.15) is 0 Å². The molecule has 2 aliphatic rings. The number of nitrogens with one attached hydrogen (secondary N) is 1. The lowest BCUT2D eigenvalue weighted by atomic mass is 10.00. The molecule has 0 saturated heterocycles. The van der Waals surface area contributed by atoms with E-state index in [0.29, 0.717) is 12.3 Å². The fourth-order valence-corrected chi connectivity index (χ4v) is 4.20. The summed E-state index contributed by atoms with van der Waals surface area (Å²) in [5.74, 6) is 2.33. The van der Waals surface area contributed by atoms with Crippen molar-refractivity contribution in [3.8, 4) is 11.4 Å². The molecule has 0 spiro atoms. The summed E-state index contributed by atoms with van der Waals surface area (Å²) in [5.41, 5.74) is 7.90. The molecule has 1 amide bonds. The average molecular weight is 353 g/mol. The average Bonchev–Trinajstić information content (AvgIpc) is 3.14. The molecule has 1 aliphatic heterocycles. The van der Waals surface area contributed by atoms with Gasteiger partial charge in [-0.25, -0.2) is 0 Å². The summed E-state index contributed by atoms with van der Waals surface area (Å²) in [4.78, 5) is 12.4. The maximum Gasteiger partial charge on any atom is 0.224 e. The first-order chi connectivity index (χ1) is 12.7. The van der Waals surface area contributed by atoms with Crippen LogP contribution >= 0.6 is 0 Å². The lowest BCUT2D eigenvalue weighted by Gasteiger charge is -2.15. The smallest absolute Gasteiger partial charge is 0.224 e. The van der Waals surface area contributed by atoms with Crippen molar-refractivity contribution < 1.29 is 4.79 Å². The Labute approximate surface area is 154 Å². The van der Waals surface area contributed by atoms with Gasteiger partial charge in [-0.15, -0.1) is 10.2 Å². The zero-order valence-corrected chi connectivity index (χ0v) is 15.2. The maximum atomic E-state index is 12.4. The Morgan fingerprint density at radius 1 is 1.19 bits per heavy atom. The first kappa shape index (κ1) is 17.2. The second-order valence-corrected chi connectivity index (χ2v) is 7.59. The molecule has 1 aromatic carbocycles. The fraction of sp³-hybridized carbons (Fsp3) is 0.550. The van der Waals surface area contributed by atoms with Gasteiger partial charge in [0.15, 0.2) is 5.82 Å². The number of carbonyl (C=O) groups excluding carboxylic acids is 1. The van der Waals surface area contributed by atoms with Gasteiger partial charge >= 0.3 is 0 Å². The molecule has 2 heterocycles. The van der Waals surface area contributed by atoms with E-state index in [9.17, 15) is 4.79 Å². The van der Waals surface area contributed by atoms with Crippen LogP contribution in [0.1, 0.15) is 50.8 Å². The van der Waals surface area contributed by atoms with Crippen LogP contribution in [0.2, 0.25) is 0 Å². The van der Waals surface area contributed by atoms with E-state index in [1.165, 1.54) is 12.8 Å². The van der Waals surface area contributed by atoms with Crippen molar-refractivity contribution >= 4 is 11.6 Å². The number of benzene rings is 1. The highest BCUT2D eigenvalue weighted by Crippen LogP contribution is 2.28. The standard InChI is InChI=1S/C20H27N5O/c21-17-9-5-6-14(17)13-19(26)22-16-8-4-7-15(12-16)20-24-23-18-10-2-1-3-11-25(18)20/h4,7-8,12,14,17H,1-3,5-6,9-11,13,21H2,(H,22,26)/t14-,17+/m0/s1. The first-order valence-corrected chi connectivity index (χ1v) is 9.78. The predicted molar refractivity (Wildman–Crippen MR) is 102 cm³/mol. The van der Waals surface area contributed by atoms with Crippen LogP contribution in [0, 0.1) is 5.92 Å². The van der Waals surface area contributed by atoms with Crippen LogP contribution in [-0.4, -0.2) is 26.7 Å². The zero-order valence-electron chi connectivity index (χ0n) is 15.2. The zero-order chi connectivity index (χ0) is 17.9. The van der Waals surface area contributed by atoms with Gasteiger partial charge in [0.05, 0.1) is 0 Å². The van der Waals surface area contributed by atoms with Crippen LogP contribution in [0.25, 0.3) is 11.4 Å².